The molecule has 2 rings (SSSR count). The van der Waals surface area contributed by atoms with Crippen molar-refractivity contribution in [2.75, 3.05) is 5.32 Å². The Labute approximate surface area is 93.4 Å². The second-order valence-electron chi connectivity index (χ2n) is 3.50. The molecule has 0 aliphatic heterocycles. The number of hydrogen-bond acceptors (Lipinski definition) is 3. The fourth-order valence-corrected chi connectivity index (χ4v) is 1.40. The number of aromatic nitrogens is 2. The summed E-state index contributed by atoms with van der Waals surface area (Å²) in [6.45, 7) is 2.47. The van der Waals surface area contributed by atoms with Gasteiger partial charge in [-0.2, -0.15) is 0 Å². The van der Waals surface area contributed by atoms with Crippen molar-refractivity contribution in [3.8, 4) is 0 Å². The fourth-order valence-electron chi connectivity index (χ4n) is 1.40. The average Bonchev–Trinajstić information content (AvgIpc) is 2.32. The first kappa shape index (κ1) is 10.5. The summed E-state index contributed by atoms with van der Waals surface area (Å²) in [5, 5.41) is 3.04. The van der Waals surface area contributed by atoms with Crippen molar-refractivity contribution in [1.82, 2.24) is 9.97 Å². The monoisotopic (exact) mass is 217 g/mol. The van der Waals surface area contributed by atoms with Gasteiger partial charge in [0, 0.05) is 18.9 Å². The van der Waals surface area contributed by atoms with Gasteiger partial charge < -0.3 is 5.32 Å². The van der Waals surface area contributed by atoms with E-state index in [-0.39, 0.29) is 5.82 Å². The smallest absolute Gasteiger partial charge is 0.222 e. The van der Waals surface area contributed by atoms with E-state index in [2.05, 4.69) is 15.3 Å². The van der Waals surface area contributed by atoms with Gasteiger partial charge in [0.2, 0.25) is 5.95 Å². The molecule has 2 aromatic rings. The Hall–Kier alpha value is -1.97. The van der Waals surface area contributed by atoms with E-state index in [1.54, 1.807) is 24.5 Å². The largest absolute Gasteiger partial charge is 0.350 e. The van der Waals surface area contributed by atoms with Crippen LogP contribution in [-0.2, 0) is 6.54 Å². The van der Waals surface area contributed by atoms with E-state index >= 15 is 0 Å². The summed E-state index contributed by atoms with van der Waals surface area (Å²) in [5.41, 5.74) is 1.96. The number of halogens is 1. The van der Waals surface area contributed by atoms with Gasteiger partial charge in [-0.15, -0.1) is 0 Å². The highest BCUT2D eigenvalue weighted by atomic mass is 19.1. The Bertz CT molecular complexity index is 471. The maximum Gasteiger partial charge on any atom is 0.222 e. The van der Waals surface area contributed by atoms with Crippen molar-refractivity contribution in [1.29, 1.82) is 0 Å². The lowest BCUT2D eigenvalue weighted by molar-refractivity contribution is 0.625. The predicted molar refractivity (Wildman–Crippen MR) is 60.5 cm³/mol. The summed E-state index contributed by atoms with van der Waals surface area (Å²) in [6.07, 6.45) is 3.32. The Morgan fingerprint density at radius 1 is 1.25 bits per heavy atom. The van der Waals surface area contributed by atoms with Crippen molar-refractivity contribution in [2.45, 2.75) is 13.5 Å². The zero-order valence-corrected chi connectivity index (χ0v) is 8.94. The van der Waals surface area contributed by atoms with Crippen LogP contribution in [0.2, 0.25) is 0 Å². The molecule has 0 fully saturated rings. The SMILES string of the molecule is Cc1ccc(F)cc1CNc1ncccn1. The second-order valence-corrected chi connectivity index (χ2v) is 3.50. The number of hydrogen-bond donors (Lipinski definition) is 1. The van der Waals surface area contributed by atoms with E-state index in [0.29, 0.717) is 12.5 Å². The van der Waals surface area contributed by atoms with Gasteiger partial charge in [0.25, 0.3) is 0 Å². The van der Waals surface area contributed by atoms with Crippen LogP contribution in [0.15, 0.2) is 36.7 Å². The maximum absolute atomic E-state index is 13.0. The van der Waals surface area contributed by atoms with Crippen LogP contribution in [0.1, 0.15) is 11.1 Å². The molecule has 0 aliphatic carbocycles. The molecular weight excluding hydrogens is 205 g/mol. The summed E-state index contributed by atoms with van der Waals surface area (Å²) in [6, 6.07) is 6.49. The second kappa shape index (κ2) is 4.70. The van der Waals surface area contributed by atoms with Crippen LogP contribution in [0.25, 0.3) is 0 Å². The first-order valence-electron chi connectivity index (χ1n) is 5.01. The third kappa shape index (κ3) is 2.53. The molecule has 1 N–H and O–H groups in total. The summed E-state index contributed by atoms with van der Waals surface area (Å²) < 4.78 is 13.0. The highest BCUT2D eigenvalue weighted by molar-refractivity contribution is 5.31. The first-order valence-corrected chi connectivity index (χ1v) is 5.01. The predicted octanol–water partition coefficient (Wildman–Crippen LogP) is 2.54. The Morgan fingerprint density at radius 2 is 2.00 bits per heavy atom. The standard InChI is InChI=1S/C12H12FN3/c1-9-3-4-11(13)7-10(9)8-16-12-14-5-2-6-15-12/h2-7H,8H2,1H3,(H,14,15,16). The van der Waals surface area contributed by atoms with Crippen LogP contribution in [-0.4, -0.2) is 9.97 Å². The normalized spacial score (nSPS) is 10.1. The third-order valence-corrected chi connectivity index (χ3v) is 2.31. The molecule has 0 radical (unpaired) electrons. The fraction of sp³-hybridized carbons (Fsp3) is 0.167. The Morgan fingerprint density at radius 3 is 2.75 bits per heavy atom. The van der Waals surface area contributed by atoms with Gasteiger partial charge in [0.05, 0.1) is 0 Å². The van der Waals surface area contributed by atoms with Crippen molar-refractivity contribution < 1.29 is 4.39 Å². The highest BCUT2D eigenvalue weighted by Crippen LogP contribution is 2.11. The van der Waals surface area contributed by atoms with E-state index in [1.807, 2.05) is 6.92 Å². The summed E-state index contributed by atoms with van der Waals surface area (Å²) in [4.78, 5) is 8.06. The van der Waals surface area contributed by atoms with E-state index < -0.39 is 0 Å². The first-order chi connectivity index (χ1) is 7.75. The van der Waals surface area contributed by atoms with Crippen molar-refractivity contribution in [2.24, 2.45) is 0 Å². The minimum atomic E-state index is -0.226. The van der Waals surface area contributed by atoms with Crippen LogP contribution >= 0.6 is 0 Å². The molecule has 16 heavy (non-hydrogen) atoms. The molecule has 1 aromatic heterocycles. The van der Waals surface area contributed by atoms with Gasteiger partial charge in [-0.1, -0.05) is 6.07 Å². The molecule has 1 heterocycles. The topological polar surface area (TPSA) is 37.8 Å². The van der Waals surface area contributed by atoms with E-state index in [0.717, 1.165) is 11.1 Å². The molecule has 4 heteroatoms. The maximum atomic E-state index is 13.0. The van der Waals surface area contributed by atoms with E-state index in [1.165, 1.54) is 12.1 Å². The molecule has 1 aromatic carbocycles. The highest BCUT2D eigenvalue weighted by Gasteiger charge is 2.01. The van der Waals surface area contributed by atoms with Gasteiger partial charge in [0.15, 0.2) is 0 Å². The van der Waals surface area contributed by atoms with Crippen molar-refractivity contribution in [3.05, 3.63) is 53.6 Å². The zero-order chi connectivity index (χ0) is 11.4. The number of nitrogens with one attached hydrogen (secondary N) is 1. The molecule has 0 saturated heterocycles. The zero-order valence-electron chi connectivity index (χ0n) is 8.94. The quantitative estimate of drug-likeness (QED) is 0.858. The Balaban J connectivity index is 2.08. The summed E-state index contributed by atoms with van der Waals surface area (Å²) in [5.74, 6) is 0.322. The molecule has 0 bridgehead atoms. The van der Waals surface area contributed by atoms with Gasteiger partial charge in [-0.05, 0) is 36.2 Å². The molecule has 0 atom stereocenters. The van der Waals surface area contributed by atoms with Crippen LogP contribution in [0.3, 0.4) is 0 Å². The van der Waals surface area contributed by atoms with Gasteiger partial charge in [-0.25, -0.2) is 14.4 Å². The van der Waals surface area contributed by atoms with Gasteiger partial charge in [-0.3, -0.25) is 0 Å². The molecule has 3 nitrogen and oxygen atoms in total. The van der Waals surface area contributed by atoms with Crippen LogP contribution in [0.4, 0.5) is 10.3 Å². The minimum absolute atomic E-state index is 0.226. The van der Waals surface area contributed by atoms with Gasteiger partial charge >= 0.3 is 0 Å². The molecule has 0 saturated carbocycles. The van der Waals surface area contributed by atoms with Crippen LogP contribution in [0, 0.1) is 12.7 Å². The lowest BCUT2D eigenvalue weighted by Gasteiger charge is -2.07. The minimum Gasteiger partial charge on any atom is -0.350 e. The number of anilines is 1. The molecule has 82 valence electrons. The lowest BCUT2D eigenvalue weighted by Crippen LogP contribution is -2.04. The van der Waals surface area contributed by atoms with Crippen molar-refractivity contribution in [3.63, 3.8) is 0 Å². The number of nitrogens with zero attached hydrogens (tertiary/aromatic N) is 2. The van der Waals surface area contributed by atoms with Crippen molar-refractivity contribution >= 4 is 5.95 Å². The van der Waals surface area contributed by atoms with E-state index in [9.17, 15) is 4.39 Å². The van der Waals surface area contributed by atoms with E-state index in [4.69, 9.17) is 0 Å². The molecule has 0 unspecified atom stereocenters. The lowest BCUT2D eigenvalue weighted by atomic mass is 10.1. The number of rotatable bonds is 3. The molecule has 0 amide bonds. The molecular formula is C12H12FN3. The molecule has 0 aliphatic rings. The number of aryl methyl sites for hydroxylation is 1. The summed E-state index contributed by atoms with van der Waals surface area (Å²) in [7, 11) is 0. The van der Waals surface area contributed by atoms with Crippen LogP contribution < -0.4 is 5.32 Å². The Kier molecular flexibility index (Phi) is 3.10. The third-order valence-electron chi connectivity index (χ3n) is 2.31. The van der Waals surface area contributed by atoms with Gasteiger partial charge in [0.1, 0.15) is 5.82 Å². The summed E-state index contributed by atoms with van der Waals surface area (Å²) >= 11 is 0. The average molecular weight is 217 g/mol. The number of benzene rings is 1. The van der Waals surface area contributed by atoms with Crippen LogP contribution in [0.5, 0.6) is 0 Å². The molecule has 0 spiro atoms.